The summed E-state index contributed by atoms with van der Waals surface area (Å²) in [6.45, 7) is 2.72. The molecule has 5 heteroatoms. The number of aromatic amines is 1. The summed E-state index contributed by atoms with van der Waals surface area (Å²) >= 11 is 0. The van der Waals surface area contributed by atoms with Crippen LogP contribution in [-0.4, -0.2) is 33.5 Å². The number of H-pyrrole nitrogens is 1. The first-order valence-corrected chi connectivity index (χ1v) is 5.82. The van der Waals surface area contributed by atoms with Gasteiger partial charge in [0.1, 0.15) is 0 Å². The number of likely N-dealkylation sites (tertiary alicyclic amines) is 1. The number of hydrogen-bond acceptors (Lipinski definition) is 3. The van der Waals surface area contributed by atoms with Crippen LogP contribution in [0.1, 0.15) is 36.5 Å². The van der Waals surface area contributed by atoms with E-state index in [1.807, 2.05) is 6.92 Å². The van der Waals surface area contributed by atoms with Gasteiger partial charge in [-0.3, -0.25) is 14.6 Å². The molecule has 0 aliphatic carbocycles. The summed E-state index contributed by atoms with van der Waals surface area (Å²) in [5.41, 5.74) is -0.210. The van der Waals surface area contributed by atoms with E-state index in [0.29, 0.717) is 6.54 Å². The number of amides is 1. The molecule has 1 atom stereocenters. The van der Waals surface area contributed by atoms with Gasteiger partial charge in [0.25, 0.3) is 11.5 Å². The first-order chi connectivity index (χ1) is 8.08. The second-order valence-electron chi connectivity index (χ2n) is 4.46. The van der Waals surface area contributed by atoms with Gasteiger partial charge in [0, 0.05) is 24.7 Å². The van der Waals surface area contributed by atoms with Crippen LogP contribution in [0.4, 0.5) is 0 Å². The maximum Gasteiger partial charge on any atom is 0.254 e. The van der Waals surface area contributed by atoms with Crippen LogP contribution in [0.25, 0.3) is 0 Å². The highest BCUT2D eigenvalue weighted by Crippen LogP contribution is 2.19. The molecule has 0 bridgehead atoms. The lowest BCUT2D eigenvalue weighted by Crippen LogP contribution is -2.42. The minimum atomic E-state index is -0.460. The molecule has 1 aliphatic heterocycles. The van der Waals surface area contributed by atoms with Crippen molar-refractivity contribution in [1.29, 1.82) is 0 Å². The van der Waals surface area contributed by atoms with Gasteiger partial charge in [-0.15, -0.1) is 0 Å². The summed E-state index contributed by atoms with van der Waals surface area (Å²) in [6, 6.07) is 2.71. The smallest absolute Gasteiger partial charge is 0.254 e. The predicted molar refractivity (Wildman–Crippen MR) is 63.1 cm³/mol. The van der Waals surface area contributed by atoms with Crippen molar-refractivity contribution in [2.75, 3.05) is 6.54 Å². The molecule has 0 aromatic carbocycles. The molecule has 2 rings (SSSR count). The molecule has 0 radical (unpaired) electrons. The predicted octanol–water partition coefficient (Wildman–Crippen LogP) is 1.10. The van der Waals surface area contributed by atoms with E-state index in [1.165, 1.54) is 12.1 Å². The van der Waals surface area contributed by atoms with Gasteiger partial charge in [-0.05, 0) is 26.2 Å². The van der Waals surface area contributed by atoms with Crippen molar-refractivity contribution in [3.63, 3.8) is 0 Å². The summed E-state index contributed by atoms with van der Waals surface area (Å²) < 4.78 is 0. The third kappa shape index (κ3) is 2.49. The lowest BCUT2D eigenvalue weighted by molar-refractivity contribution is 0.0635. The van der Waals surface area contributed by atoms with Gasteiger partial charge in [0.15, 0.2) is 5.88 Å². The molecule has 2 heterocycles. The normalized spacial score (nSPS) is 20.3. The van der Waals surface area contributed by atoms with Gasteiger partial charge in [-0.25, -0.2) is 0 Å². The number of aromatic hydroxyl groups is 1. The average Bonchev–Trinajstić information content (AvgIpc) is 2.27. The maximum absolute atomic E-state index is 12.2. The fourth-order valence-corrected chi connectivity index (χ4v) is 2.22. The quantitative estimate of drug-likeness (QED) is 0.766. The molecular weight excluding hydrogens is 220 g/mol. The number of carbonyl (C=O) groups is 1. The number of carbonyl (C=O) groups excluding carboxylic acids is 1. The van der Waals surface area contributed by atoms with E-state index < -0.39 is 5.56 Å². The van der Waals surface area contributed by atoms with E-state index in [9.17, 15) is 14.7 Å². The summed E-state index contributed by atoms with van der Waals surface area (Å²) in [4.78, 5) is 27.3. The molecule has 0 saturated carbocycles. The van der Waals surface area contributed by atoms with E-state index in [-0.39, 0.29) is 23.4 Å². The van der Waals surface area contributed by atoms with Crippen molar-refractivity contribution in [3.05, 3.63) is 28.0 Å². The van der Waals surface area contributed by atoms with Crippen molar-refractivity contribution in [1.82, 2.24) is 9.88 Å². The largest absolute Gasteiger partial charge is 0.494 e. The highest BCUT2D eigenvalue weighted by atomic mass is 16.3. The topological polar surface area (TPSA) is 73.4 Å². The molecule has 5 nitrogen and oxygen atoms in total. The number of aromatic nitrogens is 1. The van der Waals surface area contributed by atoms with E-state index in [0.717, 1.165) is 19.3 Å². The highest BCUT2D eigenvalue weighted by Gasteiger charge is 2.24. The third-order valence-electron chi connectivity index (χ3n) is 3.14. The number of pyridine rings is 1. The molecule has 1 fully saturated rings. The van der Waals surface area contributed by atoms with Crippen molar-refractivity contribution in [2.45, 2.75) is 32.2 Å². The lowest BCUT2D eigenvalue weighted by Gasteiger charge is -2.33. The average molecular weight is 236 g/mol. The second kappa shape index (κ2) is 4.61. The third-order valence-corrected chi connectivity index (χ3v) is 3.14. The number of piperidine rings is 1. The molecule has 92 valence electrons. The standard InChI is InChI=1S/C12H16N2O3/c1-8-4-2-3-5-14(8)12(17)9-6-10(15)13-11(16)7-9/h6-8H,2-5H2,1H3,(H2,13,15,16). The fraction of sp³-hybridized carbons (Fsp3) is 0.500. The van der Waals surface area contributed by atoms with Crippen molar-refractivity contribution in [3.8, 4) is 5.88 Å². The number of nitrogens with one attached hydrogen (secondary N) is 1. The van der Waals surface area contributed by atoms with Gasteiger partial charge in [-0.1, -0.05) is 0 Å². The maximum atomic E-state index is 12.2. The van der Waals surface area contributed by atoms with Crippen LogP contribution in [0, 0.1) is 0 Å². The van der Waals surface area contributed by atoms with E-state index in [2.05, 4.69) is 4.98 Å². The Labute approximate surface area is 99.1 Å². The van der Waals surface area contributed by atoms with Gasteiger partial charge < -0.3 is 10.0 Å². The Bertz CT molecular complexity index is 481. The first-order valence-electron chi connectivity index (χ1n) is 5.82. The zero-order chi connectivity index (χ0) is 12.4. The number of rotatable bonds is 1. The molecule has 2 N–H and O–H groups in total. The van der Waals surface area contributed by atoms with Crippen molar-refractivity contribution >= 4 is 5.91 Å². The van der Waals surface area contributed by atoms with E-state index in [4.69, 9.17) is 0 Å². The number of hydrogen-bond donors (Lipinski definition) is 2. The Morgan fingerprint density at radius 1 is 1.47 bits per heavy atom. The molecule has 17 heavy (non-hydrogen) atoms. The lowest BCUT2D eigenvalue weighted by atomic mass is 10.0. The van der Waals surface area contributed by atoms with Crippen molar-refractivity contribution < 1.29 is 9.90 Å². The molecule has 1 aromatic heterocycles. The Morgan fingerprint density at radius 3 is 2.88 bits per heavy atom. The summed E-state index contributed by atoms with van der Waals surface area (Å²) in [5.74, 6) is -0.455. The van der Waals surface area contributed by atoms with Crippen molar-refractivity contribution in [2.24, 2.45) is 0 Å². The summed E-state index contributed by atoms with van der Waals surface area (Å²) in [5, 5.41) is 9.28. The Balaban J connectivity index is 2.26. The molecular formula is C12H16N2O3. The molecule has 1 aromatic rings. The SMILES string of the molecule is CC1CCCCN1C(=O)c1cc(O)[nH]c(=O)c1. The molecule has 0 spiro atoms. The molecule has 1 amide bonds. The molecule has 1 unspecified atom stereocenters. The zero-order valence-electron chi connectivity index (χ0n) is 9.77. The highest BCUT2D eigenvalue weighted by molar-refractivity contribution is 5.94. The molecule has 1 aliphatic rings. The fourth-order valence-electron chi connectivity index (χ4n) is 2.22. The van der Waals surface area contributed by atoms with E-state index >= 15 is 0 Å². The van der Waals surface area contributed by atoms with Crippen LogP contribution in [-0.2, 0) is 0 Å². The Morgan fingerprint density at radius 2 is 2.24 bits per heavy atom. The second-order valence-corrected chi connectivity index (χ2v) is 4.46. The van der Waals surface area contributed by atoms with Gasteiger partial charge in [-0.2, -0.15) is 0 Å². The molecule has 1 saturated heterocycles. The van der Waals surface area contributed by atoms with Crippen LogP contribution in [0.15, 0.2) is 16.9 Å². The Hall–Kier alpha value is -1.78. The Kier molecular flexibility index (Phi) is 3.17. The van der Waals surface area contributed by atoms with Crippen LogP contribution in [0.3, 0.4) is 0 Å². The zero-order valence-corrected chi connectivity index (χ0v) is 9.77. The van der Waals surface area contributed by atoms with Crippen LogP contribution in [0.2, 0.25) is 0 Å². The first kappa shape index (κ1) is 11.7. The number of nitrogens with zero attached hydrogens (tertiary/aromatic N) is 1. The summed E-state index contributed by atoms with van der Waals surface area (Å²) in [6.07, 6.45) is 3.11. The van der Waals surface area contributed by atoms with Crippen LogP contribution in [0.5, 0.6) is 5.88 Å². The minimum Gasteiger partial charge on any atom is -0.494 e. The van der Waals surface area contributed by atoms with Gasteiger partial charge in [0.05, 0.1) is 5.56 Å². The minimum absolute atomic E-state index is 0.182. The van der Waals surface area contributed by atoms with Crippen LogP contribution >= 0.6 is 0 Å². The van der Waals surface area contributed by atoms with Gasteiger partial charge >= 0.3 is 0 Å². The summed E-state index contributed by atoms with van der Waals surface area (Å²) in [7, 11) is 0. The van der Waals surface area contributed by atoms with Gasteiger partial charge in [0.2, 0.25) is 0 Å². The van der Waals surface area contributed by atoms with E-state index in [1.54, 1.807) is 4.90 Å². The monoisotopic (exact) mass is 236 g/mol. The van der Waals surface area contributed by atoms with Crippen LogP contribution < -0.4 is 5.56 Å².